The van der Waals surface area contributed by atoms with E-state index in [-0.39, 0.29) is 0 Å². The van der Waals surface area contributed by atoms with E-state index in [1.54, 1.807) is 0 Å². The van der Waals surface area contributed by atoms with E-state index >= 15 is 0 Å². The van der Waals surface area contributed by atoms with Crippen LogP contribution in [0, 0.1) is 0 Å². The Morgan fingerprint density at radius 2 is 1.19 bits per heavy atom. The van der Waals surface area contributed by atoms with Crippen molar-refractivity contribution < 1.29 is 0 Å². The van der Waals surface area contributed by atoms with Gasteiger partial charge in [-0.25, -0.2) is 4.98 Å². The van der Waals surface area contributed by atoms with Crippen LogP contribution in [0.15, 0.2) is 121 Å². The van der Waals surface area contributed by atoms with E-state index in [2.05, 4.69) is 112 Å². The van der Waals surface area contributed by atoms with Gasteiger partial charge in [0.1, 0.15) is 11.0 Å². The van der Waals surface area contributed by atoms with Crippen molar-refractivity contribution in [2.45, 2.75) is 0 Å². The molecule has 4 aromatic carbocycles. The minimum absolute atomic E-state index is 0.917. The lowest BCUT2D eigenvalue weighted by Crippen LogP contribution is -1.97. The summed E-state index contributed by atoms with van der Waals surface area (Å²) in [6, 6.07) is 40.5. The van der Waals surface area contributed by atoms with E-state index in [1.165, 1.54) is 10.8 Å². The summed E-state index contributed by atoms with van der Waals surface area (Å²) in [5, 5.41) is 3.57. The van der Waals surface area contributed by atoms with Crippen LogP contribution in [0.2, 0.25) is 0 Å². The predicted molar refractivity (Wildman–Crippen MR) is 148 cm³/mol. The summed E-state index contributed by atoms with van der Waals surface area (Å²) in [5.74, 6) is 0. The van der Waals surface area contributed by atoms with Crippen LogP contribution in [0.5, 0.6) is 0 Å². The van der Waals surface area contributed by atoms with E-state index in [9.17, 15) is 0 Å². The number of para-hydroxylation sites is 2. The average Bonchev–Trinajstić information content (AvgIpc) is 3.44. The Balaban J connectivity index is 1.59. The minimum Gasteiger partial charge on any atom is -0.307 e. The largest absolute Gasteiger partial charge is 0.307 e. The molecule has 0 aliphatic rings. The zero-order valence-electron chi connectivity index (χ0n) is 19.3. The molecule has 4 heterocycles. The number of benzene rings is 4. The Bertz CT molecular complexity index is 2090. The normalized spacial score (nSPS) is 11.9. The van der Waals surface area contributed by atoms with Crippen molar-refractivity contribution in [3.05, 3.63) is 121 Å². The Hall–Kier alpha value is -4.96. The molecule has 0 spiro atoms. The van der Waals surface area contributed by atoms with Crippen molar-refractivity contribution in [1.82, 2.24) is 19.1 Å². The van der Waals surface area contributed by atoms with Gasteiger partial charge in [0, 0.05) is 22.7 Å². The fourth-order valence-corrected chi connectivity index (χ4v) is 5.61. The fraction of sp³-hybridized carbons (Fsp3) is 0. The van der Waals surface area contributed by atoms with Gasteiger partial charge in [-0.15, -0.1) is 0 Å². The number of aromatic nitrogens is 4. The molecule has 36 heavy (non-hydrogen) atoms. The topological polar surface area (TPSA) is 35.6 Å². The second kappa shape index (κ2) is 7.27. The number of nitrogens with zero attached hydrogens (tertiary/aromatic N) is 4. The molecule has 0 bridgehead atoms. The highest BCUT2D eigenvalue weighted by Crippen LogP contribution is 2.38. The summed E-state index contributed by atoms with van der Waals surface area (Å²) in [6.45, 7) is 0. The number of hydrogen-bond acceptors (Lipinski definition) is 2. The monoisotopic (exact) mass is 460 g/mol. The molecule has 0 N–H and O–H groups in total. The predicted octanol–water partition coefficient (Wildman–Crippen LogP) is 7.82. The van der Waals surface area contributed by atoms with Gasteiger partial charge >= 0.3 is 0 Å². The molecule has 168 valence electrons. The van der Waals surface area contributed by atoms with Gasteiger partial charge in [0.15, 0.2) is 0 Å². The first-order valence-electron chi connectivity index (χ1n) is 12.1. The average molecular weight is 461 g/mol. The van der Waals surface area contributed by atoms with Gasteiger partial charge in [-0.2, -0.15) is 0 Å². The lowest BCUT2D eigenvalue weighted by Gasteiger charge is -2.12. The van der Waals surface area contributed by atoms with Crippen LogP contribution in [-0.2, 0) is 0 Å². The van der Waals surface area contributed by atoms with Gasteiger partial charge in [0.2, 0.25) is 0 Å². The van der Waals surface area contributed by atoms with Gasteiger partial charge in [-0.1, -0.05) is 72.8 Å². The van der Waals surface area contributed by atoms with Crippen molar-refractivity contribution >= 4 is 54.8 Å². The van der Waals surface area contributed by atoms with Crippen LogP contribution in [-0.4, -0.2) is 19.1 Å². The maximum Gasteiger partial charge on any atom is 0.116 e. The standard InChI is InChI=1S/C32H20N4/c1-2-12-22(13-3-1)35-27-18-9-19-33-31(27)32-29(35)20-28-30(34-32)24-15-6-7-16-26(24)36(28)25-17-8-11-21-10-4-5-14-23(21)25/h1-20H. The van der Waals surface area contributed by atoms with E-state index in [0.717, 1.165) is 55.4 Å². The van der Waals surface area contributed by atoms with Crippen molar-refractivity contribution in [2.75, 3.05) is 0 Å². The van der Waals surface area contributed by atoms with Gasteiger partial charge < -0.3 is 9.13 Å². The molecule has 0 fully saturated rings. The van der Waals surface area contributed by atoms with Crippen LogP contribution < -0.4 is 0 Å². The van der Waals surface area contributed by atoms with Crippen LogP contribution >= 0.6 is 0 Å². The lowest BCUT2D eigenvalue weighted by atomic mass is 10.1. The number of rotatable bonds is 2. The molecule has 8 rings (SSSR count). The van der Waals surface area contributed by atoms with Gasteiger partial charge in [-0.3, -0.25) is 4.98 Å². The second-order valence-electron chi connectivity index (χ2n) is 9.12. The molecule has 8 aromatic rings. The zero-order valence-corrected chi connectivity index (χ0v) is 19.3. The summed E-state index contributed by atoms with van der Waals surface area (Å²) >= 11 is 0. The lowest BCUT2D eigenvalue weighted by molar-refractivity contribution is 1.16. The number of fused-ring (bicyclic) bond motifs is 7. The maximum atomic E-state index is 5.30. The molecule has 4 heteroatoms. The first kappa shape index (κ1) is 19.4. The summed E-state index contributed by atoms with van der Waals surface area (Å²) in [5.41, 5.74) is 9.41. The second-order valence-corrected chi connectivity index (χ2v) is 9.12. The first-order valence-corrected chi connectivity index (χ1v) is 12.1. The molecule has 0 amide bonds. The molecule has 0 saturated heterocycles. The summed E-state index contributed by atoms with van der Waals surface area (Å²) < 4.78 is 4.63. The molecule has 4 nitrogen and oxygen atoms in total. The third kappa shape index (κ3) is 2.58. The molecule has 0 atom stereocenters. The summed E-state index contributed by atoms with van der Waals surface area (Å²) in [4.78, 5) is 10.1. The molecular weight excluding hydrogens is 440 g/mol. The highest BCUT2D eigenvalue weighted by atomic mass is 15.0. The Kier molecular flexibility index (Phi) is 3.91. The maximum absolute atomic E-state index is 5.30. The minimum atomic E-state index is 0.917. The fourth-order valence-electron chi connectivity index (χ4n) is 5.61. The molecule has 0 unspecified atom stereocenters. The Morgan fingerprint density at radius 3 is 2.11 bits per heavy atom. The van der Waals surface area contributed by atoms with Crippen molar-refractivity contribution in [3.63, 3.8) is 0 Å². The Labute approximate surface area is 206 Å². The van der Waals surface area contributed by atoms with Crippen LogP contribution in [0.25, 0.3) is 66.2 Å². The molecule has 0 aliphatic carbocycles. The van der Waals surface area contributed by atoms with E-state index in [4.69, 9.17) is 9.97 Å². The quantitative estimate of drug-likeness (QED) is 0.264. The Morgan fingerprint density at radius 1 is 0.472 bits per heavy atom. The van der Waals surface area contributed by atoms with Gasteiger partial charge in [0.05, 0.1) is 33.3 Å². The SMILES string of the molecule is c1ccc(-n2c3cccnc3c3nc4c5ccccc5n(-c5cccc6ccccc56)c4cc32)cc1. The van der Waals surface area contributed by atoms with Crippen LogP contribution in [0.1, 0.15) is 0 Å². The third-order valence-electron chi connectivity index (χ3n) is 7.14. The molecule has 4 aromatic heterocycles. The van der Waals surface area contributed by atoms with Crippen molar-refractivity contribution in [3.8, 4) is 11.4 Å². The third-order valence-corrected chi connectivity index (χ3v) is 7.14. The summed E-state index contributed by atoms with van der Waals surface area (Å²) in [6.07, 6.45) is 1.85. The van der Waals surface area contributed by atoms with Gasteiger partial charge in [-0.05, 0) is 47.9 Å². The van der Waals surface area contributed by atoms with Crippen molar-refractivity contribution in [1.29, 1.82) is 0 Å². The highest BCUT2D eigenvalue weighted by molar-refractivity contribution is 6.15. The van der Waals surface area contributed by atoms with Crippen molar-refractivity contribution in [2.24, 2.45) is 0 Å². The molecule has 0 saturated carbocycles. The zero-order chi connectivity index (χ0) is 23.6. The number of hydrogen-bond donors (Lipinski definition) is 0. The van der Waals surface area contributed by atoms with Gasteiger partial charge in [0.25, 0.3) is 0 Å². The summed E-state index contributed by atoms with van der Waals surface area (Å²) in [7, 11) is 0. The van der Waals surface area contributed by atoms with Crippen LogP contribution in [0.3, 0.4) is 0 Å². The molecule has 0 radical (unpaired) electrons. The number of pyridine rings is 2. The van der Waals surface area contributed by atoms with E-state index in [0.29, 0.717) is 0 Å². The molecular formula is C32H20N4. The van der Waals surface area contributed by atoms with E-state index in [1.807, 2.05) is 18.3 Å². The van der Waals surface area contributed by atoms with Crippen LogP contribution in [0.4, 0.5) is 0 Å². The smallest absolute Gasteiger partial charge is 0.116 e. The first-order chi connectivity index (χ1) is 17.9. The highest BCUT2D eigenvalue weighted by Gasteiger charge is 2.20. The molecule has 0 aliphatic heterocycles. The van der Waals surface area contributed by atoms with E-state index < -0.39 is 0 Å².